The lowest BCUT2D eigenvalue weighted by Gasteiger charge is -2.32. The quantitative estimate of drug-likeness (QED) is 0.662. The Kier molecular flexibility index (Phi) is 6.83. The average molecular weight is 501 g/mol. The number of methoxy groups -OCH3 is 1. The summed E-state index contributed by atoms with van der Waals surface area (Å²) < 4.78 is 6.40. The molecule has 4 rings (SSSR count). The minimum Gasteiger partial charge on any atom is -0.380 e. The molecule has 3 amide bonds. The van der Waals surface area contributed by atoms with Crippen molar-refractivity contribution in [2.45, 2.75) is 44.5 Å². The van der Waals surface area contributed by atoms with E-state index in [0.29, 0.717) is 24.7 Å². The second kappa shape index (κ2) is 9.60. The first kappa shape index (κ1) is 22.8. The maximum absolute atomic E-state index is 13.2. The first-order valence-electron chi connectivity index (χ1n) is 10.8. The van der Waals surface area contributed by atoms with Crippen molar-refractivity contribution in [2.24, 2.45) is 0 Å². The number of nitrogens with one attached hydrogen (secondary N) is 2. The largest absolute Gasteiger partial charge is 0.380 e. The fourth-order valence-electron chi connectivity index (χ4n) is 4.34. The lowest BCUT2D eigenvalue weighted by Crippen LogP contribution is -2.45. The molecule has 0 saturated carbocycles. The number of anilines is 2. The average Bonchev–Trinajstić information content (AvgIpc) is 3.21. The van der Waals surface area contributed by atoms with Crippen LogP contribution in [0.4, 0.5) is 16.2 Å². The molecular weight excluding hydrogens is 472 g/mol. The number of benzene rings is 2. The van der Waals surface area contributed by atoms with Gasteiger partial charge in [0, 0.05) is 48.5 Å². The number of amides is 3. The van der Waals surface area contributed by atoms with Crippen LogP contribution in [0.5, 0.6) is 0 Å². The Morgan fingerprint density at radius 1 is 1.06 bits per heavy atom. The number of hydrogen-bond donors (Lipinski definition) is 2. The molecule has 3 atom stereocenters. The Bertz CT molecular complexity index is 997. The van der Waals surface area contributed by atoms with E-state index in [4.69, 9.17) is 4.74 Å². The number of urea groups is 1. The summed E-state index contributed by atoms with van der Waals surface area (Å²) >= 11 is 3.39. The highest BCUT2D eigenvalue weighted by Crippen LogP contribution is 2.27. The van der Waals surface area contributed by atoms with E-state index in [1.807, 2.05) is 30.3 Å². The van der Waals surface area contributed by atoms with Crippen LogP contribution in [-0.4, -0.2) is 60.6 Å². The summed E-state index contributed by atoms with van der Waals surface area (Å²) in [5.41, 5.74) is 3.99. The third kappa shape index (κ3) is 4.98. The molecule has 1 fully saturated rings. The highest BCUT2D eigenvalue weighted by Gasteiger charge is 2.40. The summed E-state index contributed by atoms with van der Waals surface area (Å²) in [5, 5.41) is 5.91. The number of rotatable bonds is 4. The van der Waals surface area contributed by atoms with Gasteiger partial charge in [0.1, 0.15) is 6.04 Å². The van der Waals surface area contributed by atoms with Crippen LogP contribution < -0.4 is 10.6 Å². The summed E-state index contributed by atoms with van der Waals surface area (Å²) in [6.45, 7) is 3.48. The maximum atomic E-state index is 13.2. The molecule has 1 saturated heterocycles. The lowest BCUT2D eigenvalue weighted by molar-refractivity contribution is -0.119. The molecule has 2 heterocycles. The first-order valence-corrected chi connectivity index (χ1v) is 11.6. The van der Waals surface area contributed by atoms with Crippen LogP contribution in [0.1, 0.15) is 24.5 Å². The van der Waals surface area contributed by atoms with Gasteiger partial charge in [-0.25, -0.2) is 4.79 Å². The molecule has 7 nitrogen and oxygen atoms in total. The van der Waals surface area contributed by atoms with Crippen LogP contribution in [0.2, 0.25) is 0 Å². The smallest absolute Gasteiger partial charge is 0.322 e. The van der Waals surface area contributed by atoms with Gasteiger partial charge in [-0.1, -0.05) is 22.0 Å². The molecule has 2 aromatic carbocycles. The number of fused-ring (bicyclic) bond motifs is 1. The van der Waals surface area contributed by atoms with Gasteiger partial charge in [-0.15, -0.1) is 0 Å². The predicted octanol–water partition coefficient (Wildman–Crippen LogP) is 4.09. The number of carbonyl (C=O) groups is 2. The Morgan fingerprint density at radius 3 is 2.50 bits per heavy atom. The summed E-state index contributed by atoms with van der Waals surface area (Å²) in [6.07, 6.45) is 1.23. The van der Waals surface area contributed by atoms with E-state index in [2.05, 4.69) is 57.6 Å². The van der Waals surface area contributed by atoms with Gasteiger partial charge < -0.3 is 20.3 Å². The number of likely N-dealkylation sites (N-methyl/N-ethyl adjacent to an activating group) is 1. The monoisotopic (exact) mass is 500 g/mol. The molecule has 8 heteroatoms. The number of nitrogens with zero attached hydrogens (tertiary/aromatic N) is 2. The summed E-state index contributed by atoms with van der Waals surface area (Å²) in [5.74, 6) is -0.198. The molecule has 0 spiro atoms. The van der Waals surface area contributed by atoms with Crippen molar-refractivity contribution in [1.82, 2.24) is 9.80 Å². The van der Waals surface area contributed by atoms with E-state index in [9.17, 15) is 9.59 Å². The Labute approximate surface area is 197 Å². The van der Waals surface area contributed by atoms with Crippen LogP contribution in [-0.2, 0) is 22.5 Å². The highest BCUT2D eigenvalue weighted by molar-refractivity contribution is 9.10. The molecule has 0 radical (unpaired) electrons. The van der Waals surface area contributed by atoms with E-state index in [1.165, 1.54) is 11.1 Å². The first-order chi connectivity index (χ1) is 15.3. The minimum atomic E-state index is -0.600. The van der Waals surface area contributed by atoms with E-state index >= 15 is 0 Å². The number of halogens is 1. The van der Waals surface area contributed by atoms with E-state index < -0.39 is 6.04 Å². The molecule has 0 bridgehead atoms. The summed E-state index contributed by atoms with van der Waals surface area (Å²) in [4.78, 5) is 30.0. The van der Waals surface area contributed by atoms with Crippen LogP contribution in [0.25, 0.3) is 0 Å². The van der Waals surface area contributed by atoms with Gasteiger partial charge in [0.15, 0.2) is 0 Å². The standard InChI is InChI=1S/C24H29BrN4O3/c1-15-10-17-11-20(7-4-16(17)13-28(15)2)26-23(30)22-12-21(32-3)14-29(22)24(31)27-19-8-5-18(25)6-9-19/h4-9,11,15,21-22H,10,12-14H2,1-3H3,(H,26,30)(H,27,31)/t15?,21-,22-/m1/s1. The maximum Gasteiger partial charge on any atom is 0.322 e. The Balaban J connectivity index is 1.46. The van der Waals surface area contributed by atoms with Gasteiger partial charge >= 0.3 is 6.03 Å². The molecular formula is C24H29BrN4O3. The van der Waals surface area contributed by atoms with Crippen LogP contribution in [0.3, 0.4) is 0 Å². The SMILES string of the molecule is CO[C@@H]1C[C@H](C(=O)Nc2ccc3c(c2)CC(C)N(C)C3)N(C(=O)Nc2ccc(Br)cc2)C1. The molecule has 2 aliphatic heterocycles. The third-order valence-corrected chi connectivity index (χ3v) is 6.95. The molecule has 2 aliphatic rings. The number of ether oxygens (including phenoxy) is 1. The van der Waals surface area contributed by atoms with Crippen molar-refractivity contribution in [3.05, 3.63) is 58.1 Å². The van der Waals surface area contributed by atoms with Crippen molar-refractivity contribution in [2.75, 3.05) is 31.3 Å². The van der Waals surface area contributed by atoms with E-state index in [0.717, 1.165) is 23.1 Å². The number of hydrogen-bond acceptors (Lipinski definition) is 4. The second-order valence-corrected chi connectivity index (χ2v) is 9.56. The zero-order chi connectivity index (χ0) is 22.8. The van der Waals surface area contributed by atoms with Gasteiger partial charge in [-0.2, -0.15) is 0 Å². The Morgan fingerprint density at radius 2 is 1.78 bits per heavy atom. The van der Waals surface area contributed by atoms with Crippen LogP contribution in [0, 0.1) is 0 Å². The number of likely N-dealkylation sites (tertiary alicyclic amines) is 1. The van der Waals surface area contributed by atoms with Crippen molar-refractivity contribution in [3.8, 4) is 0 Å². The van der Waals surface area contributed by atoms with Gasteiger partial charge in [-0.3, -0.25) is 9.69 Å². The molecule has 0 aliphatic carbocycles. The highest BCUT2D eigenvalue weighted by atomic mass is 79.9. The summed E-state index contributed by atoms with van der Waals surface area (Å²) in [6, 6.07) is 13.0. The van der Waals surface area contributed by atoms with Crippen LogP contribution >= 0.6 is 15.9 Å². The fraction of sp³-hybridized carbons (Fsp3) is 0.417. The van der Waals surface area contributed by atoms with Crippen molar-refractivity contribution in [3.63, 3.8) is 0 Å². The minimum absolute atomic E-state index is 0.179. The molecule has 170 valence electrons. The van der Waals surface area contributed by atoms with Gasteiger partial charge in [0.05, 0.1) is 6.10 Å². The topological polar surface area (TPSA) is 73.9 Å². The van der Waals surface area contributed by atoms with Crippen molar-refractivity contribution in [1.29, 1.82) is 0 Å². The second-order valence-electron chi connectivity index (χ2n) is 8.64. The zero-order valence-corrected chi connectivity index (χ0v) is 20.2. The summed E-state index contributed by atoms with van der Waals surface area (Å²) in [7, 11) is 3.74. The Hall–Kier alpha value is -2.42. The van der Waals surface area contributed by atoms with Crippen LogP contribution in [0.15, 0.2) is 46.9 Å². The van der Waals surface area contributed by atoms with Gasteiger partial charge in [0.25, 0.3) is 0 Å². The van der Waals surface area contributed by atoms with Gasteiger partial charge in [0.2, 0.25) is 5.91 Å². The van der Waals surface area contributed by atoms with E-state index in [-0.39, 0.29) is 18.0 Å². The molecule has 32 heavy (non-hydrogen) atoms. The molecule has 1 unspecified atom stereocenters. The lowest BCUT2D eigenvalue weighted by atomic mass is 9.95. The fourth-order valence-corrected chi connectivity index (χ4v) is 4.61. The molecule has 2 aromatic rings. The van der Waals surface area contributed by atoms with Gasteiger partial charge in [-0.05, 0) is 67.9 Å². The van der Waals surface area contributed by atoms with Crippen molar-refractivity contribution >= 4 is 39.2 Å². The van der Waals surface area contributed by atoms with Crippen molar-refractivity contribution < 1.29 is 14.3 Å². The number of carbonyl (C=O) groups excluding carboxylic acids is 2. The third-order valence-electron chi connectivity index (χ3n) is 6.42. The zero-order valence-electron chi connectivity index (χ0n) is 18.6. The predicted molar refractivity (Wildman–Crippen MR) is 129 cm³/mol. The molecule has 0 aromatic heterocycles. The normalized spacial score (nSPS) is 23.0. The molecule has 2 N–H and O–H groups in total. The van der Waals surface area contributed by atoms with E-state index in [1.54, 1.807) is 12.0 Å².